The Morgan fingerprint density at radius 1 is 1.33 bits per heavy atom. The Kier molecular flexibility index (Phi) is 3.89. The zero-order valence-corrected chi connectivity index (χ0v) is 10.6. The third kappa shape index (κ3) is 2.84. The minimum absolute atomic E-state index is 0.0363. The Hall–Kier alpha value is -1.94. The lowest BCUT2D eigenvalue weighted by Crippen LogP contribution is -2.20. The summed E-state index contributed by atoms with van der Waals surface area (Å²) in [6.07, 6.45) is 0. The second-order valence-electron chi connectivity index (χ2n) is 4.11. The molecule has 0 aliphatic carbocycles. The molecule has 0 saturated heterocycles. The molecule has 0 saturated carbocycles. The number of ether oxygens (including phenoxy) is 1. The van der Waals surface area contributed by atoms with Crippen LogP contribution in [-0.2, 0) is 0 Å². The maximum atomic E-state index is 5.78. The van der Waals surface area contributed by atoms with Crippen LogP contribution in [0.1, 0.15) is 17.6 Å². The second-order valence-corrected chi connectivity index (χ2v) is 4.11. The van der Waals surface area contributed by atoms with Crippen LogP contribution in [0.2, 0.25) is 0 Å². The lowest BCUT2D eigenvalue weighted by atomic mass is 10.2. The highest BCUT2D eigenvalue weighted by atomic mass is 16.5. The molecule has 1 atom stereocenters. The van der Waals surface area contributed by atoms with E-state index in [1.54, 1.807) is 7.11 Å². The summed E-state index contributed by atoms with van der Waals surface area (Å²) in [6, 6.07) is 11.6. The van der Waals surface area contributed by atoms with Gasteiger partial charge in [-0.15, -0.1) is 0 Å². The molecule has 2 rings (SSSR count). The normalized spacial score (nSPS) is 12.2. The highest BCUT2D eigenvalue weighted by Crippen LogP contribution is 2.23. The van der Waals surface area contributed by atoms with E-state index in [1.807, 2.05) is 43.3 Å². The molecule has 0 fully saturated rings. The molecule has 4 heteroatoms. The number of benzene rings is 1. The number of anilines is 1. The lowest BCUT2D eigenvalue weighted by Gasteiger charge is -2.16. The fraction of sp³-hybridized carbons (Fsp3) is 0.286. The Bertz CT molecular complexity index is 508. The molecular weight excluding hydrogens is 228 g/mol. The molecule has 1 unspecified atom stereocenters. The molecule has 96 valence electrons. The molecule has 0 radical (unpaired) electrons. The van der Waals surface area contributed by atoms with Gasteiger partial charge in [-0.05, 0) is 31.2 Å². The largest absolute Gasteiger partial charge is 0.497 e. The van der Waals surface area contributed by atoms with Gasteiger partial charge in [-0.3, -0.25) is 0 Å². The summed E-state index contributed by atoms with van der Waals surface area (Å²) in [5.41, 5.74) is 6.74. The van der Waals surface area contributed by atoms with Crippen LogP contribution in [0, 0.1) is 6.92 Å². The number of nitrogens with one attached hydrogen (secondary N) is 1. The van der Waals surface area contributed by atoms with Crippen LogP contribution in [0.5, 0.6) is 5.75 Å². The van der Waals surface area contributed by atoms with Crippen LogP contribution >= 0.6 is 0 Å². The van der Waals surface area contributed by atoms with E-state index in [2.05, 4.69) is 5.32 Å². The summed E-state index contributed by atoms with van der Waals surface area (Å²) in [7, 11) is 1.65. The first-order valence-electron chi connectivity index (χ1n) is 5.90. The number of furan rings is 1. The van der Waals surface area contributed by atoms with Gasteiger partial charge < -0.3 is 20.2 Å². The van der Waals surface area contributed by atoms with Crippen molar-refractivity contribution in [2.75, 3.05) is 19.0 Å². The van der Waals surface area contributed by atoms with Crippen molar-refractivity contribution in [3.8, 4) is 5.75 Å². The first-order valence-corrected chi connectivity index (χ1v) is 5.90. The quantitative estimate of drug-likeness (QED) is 0.851. The molecule has 0 aliphatic heterocycles. The van der Waals surface area contributed by atoms with E-state index in [-0.39, 0.29) is 6.04 Å². The summed E-state index contributed by atoms with van der Waals surface area (Å²) in [5, 5.41) is 3.33. The number of hydrogen-bond acceptors (Lipinski definition) is 4. The lowest BCUT2D eigenvalue weighted by molar-refractivity contribution is 0.415. The van der Waals surface area contributed by atoms with Crippen LogP contribution in [-0.4, -0.2) is 13.7 Å². The van der Waals surface area contributed by atoms with Crippen molar-refractivity contribution >= 4 is 5.69 Å². The average molecular weight is 246 g/mol. The topological polar surface area (TPSA) is 60.4 Å². The molecule has 2 aromatic rings. The third-order valence-electron chi connectivity index (χ3n) is 2.75. The zero-order valence-electron chi connectivity index (χ0n) is 10.6. The van der Waals surface area contributed by atoms with E-state index in [9.17, 15) is 0 Å². The third-order valence-corrected chi connectivity index (χ3v) is 2.75. The number of methoxy groups -OCH3 is 1. The second kappa shape index (κ2) is 5.60. The van der Waals surface area contributed by atoms with E-state index < -0.39 is 0 Å². The molecule has 0 spiro atoms. The van der Waals surface area contributed by atoms with Gasteiger partial charge in [-0.1, -0.05) is 6.07 Å². The fourth-order valence-electron chi connectivity index (χ4n) is 1.80. The van der Waals surface area contributed by atoms with Gasteiger partial charge in [0, 0.05) is 18.3 Å². The highest BCUT2D eigenvalue weighted by molar-refractivity contribution is 5.49. The summed E-state index contributed by atoms with van der Waals surface area (Å²) in [4.78, 5) is 0. The smallest absolute Gasteiger partial charge is 0.127 e. The van der Waals surface area contributed by atoms with E-state index >= 15 is 0 Å². The van der Waals surface area contributed by atoms with Crippen LogP contribution in [0.4, 0.5) is 5.69 Å². The first-order chi connectivity index (χ1) is 8.72. The Morgan fingerprint density at radius 3 is 2.78 bits per heavy atom. The van der Waals surface area contributed by atoms with Gasteiger partial charge in [0.05, 0.1) is 13.2 Å². The Morgan fingerprint density at radius 2 is 2.17 bits per heavy atom. The SMILES string of the molecule is COc1cccc(NC(CN)c2ccc(C)o2)c1. The number of rotatable bonds is 5. The maximum absolute atomic E-state index is 5.78. The number of aryl methyl sites for hydroxylation is 1. The molecule has 4 nitrogen and oxygen atoms in total. The minimum atomic E-state index is -0.0363. The molecule has 1 aromatic carbocycles. The van der Waals surface area contributed by atoms with Crippen LogP contribution < -0.4 is 15.8 Å². The molecule has 1 aromatic heterocycles. The summed E-state index contributed by atoms with van der Waals surface area (Å²) in [6.45, 7) is 2.38. The van der Waals surface area contributed by atoms with E-state index in [0.29, 0.717) is 6.54 Å². The van der Waals surface area contributed by atoms with Crippen LogP contribution in [0.25, 0.3) is 0 Å². The van der Waals surface area contributed by atoms with Gasteiger partial charge in [0.2, 0.25) is 0 Å². The van der Waals surface area contributed by atoms with Crippen molar-refractivity contribution in [1.29, 1.82) is 0 Å². The van der Waals surface area contributed by atoms with E-state index in [0.717, 1.165) is 23.0 Å². The maximum Gasteiger partial charge on any atom is 0.127 e. The van der Waals surface area contributed by atoms with Crippen molar-refractivity contribution in [3.05, 3.63) is 47.9 Å². The van der Waals surface area contributed by atoms with E-state index in [1.165, 1.54) is 0 Å². The van der Waals surface area contributed by atoms with Crippen molar-refractivity contribution in [3.63, 3.8) is 0 Å². The monoisotopic (exact) mass is 246 g/mol. The summed E-state index contributed by atoms with van der Waals surface area (Å²) in [5.74, 6) is 2.54. The molecule has 0 aliphatic rings. The van der Waals surface area contributed by atoms with Crippen LogP contribution in [0.15, 0.2) is 40.8 Å². The van der Waals surface area contributed by atoms with Crippen molar-refractivity contribution < 1.29 is 9.15 Å². The van der Waals surface area contributed by atoms with Crippen molar-refractivity contribution in [1.82, 2.24) is 0 Å². The van der Waals surface area contributed by atoms with Gasteiger partial charge in [0.15, 0.2) is 0 Å². The van der Waals surface area contributed by atoms with Gasteiger partial charge in [0.25, 0.3) is 0 Å². The van der Waals surface area contributed by atoms with Gasteiger partial charge >= 0.3 is 0 Å². The Labute approximate surface area is 107 Å². The van der Waals surface area contributed by atoms with Crippen LogP contribution in [0.3, 0.4) is 0 Å². The first kappa shape index (κ1) is 12.5. The molecule has 0 bridgehead atoms. The number of hydrogen-bond donors (Lipinski definition) is 2. The Balaban J connectivity index is 2.14. The summed E-state index contributed by atoms with van der Waals surface area (Å²) < 4.78 is 10.8. The predicted molar refractivity (Wildman–Crippen MR) is 71.9 cm³/mol. The standard InChI is InChI=1S/C14H18N2O2/c1-10-6-7-14(18-10)13(9-15)16-11-4-3-5-12(8-11)17-2/h3-8,13,16H,9,15H2,1-2H3. The van der Waals surface area contributed by atoms with Gasteiger partial charge in [0.1, 0.15) is 17.3 Å². The predicted octanol–water partition coefficient (Wildman–Crippen LogP) is 2.71. The van der Waals surface area contributed by atoms with Crippen molar-refractivity contribution in [2.45, 2.75) is 13.0 Å². The fourth-order valence-corrected chi connectivity index (χ4v) is 1.80. The molecule has 0 amide bonds. The summed E-state index contributed by atoms with van der Waals surface area (Å²) >= 11 is 0. The highest BCUT2D eigenvalue weighted by Gasteiger charge is 2.13. The molecule has 3 N–H and O–H groups in total. The van der Waals surface area contributed by atoms with Crippen molar-refractivity contribution in [2.24, 2.45) is 5.73 Å². The minimum Gasteiger partial charge on any atom is -0.497 e. The average Bonchev–Trinajstić information content (AvgIpc) is 2.82. The van der Waals surface area contributed by atoms with Gasteiger partial charge in [-0.2, -0.15) is 0 Å². The molecule has 1 heterocycles. The molecule has 18 heavy (non-hydrogen) atoms. The van der Waals surface area contributed by atoms with Gasteiger partial charge in [-0.25, -0.2) is 0 Å². The zero-order chi connectivity index (χ0) is 13.0. The van der Waals surface area contributed by atoms with E-state index in [4.69, 9.17) is 14.9 Å². The number of nitrogens with two attached hydrogens (primary N) is 1. The molecular formula is C14H18N2O2.